The molecule has 0 radical (unpaired) electrons. The number of nitrogen functional groups attached to an aromatic ring is 1. The van der Waals surface area contributed by atoms with Crippen molar-refractivity contribution in [2.75, 3.05) is 24.7 Å². The fraction of sp³-hybridized carbons (Fsp3) is 0.286. The summed E-state index contributed by atoms with van der Waals surface area (Å²) in [5.74, 6) is 0.747. The zero-order chi connectivity index (χ0) is 15.2. The lowest BCUT2D eigenvalue weighted by atomic mass is 10.2. The van der Waals surface area contributed by atoms with E-state index in [1.807, 2.05) is 31.2 Å². The van der Waals surface area contributed by atoms with Crippen LogP contribution >= 0.6 is 11.3 Å². The summed E-state index contributed by atoms with van der Waals surface area (Å²) in [4.78, 5) is 16.7. The number of amides is 1. The zero-order valence-electron chi connectivity index (χ0n) is 12.0. The summed E-state index contributed by atoms with van der Waals surface area (Å²) in [6.45, 7) is 3.06. The Balaban J connectivity index is 2.04. The molecular weight excluding hydrogens is 288 g/mol. The van der Waals surface area contributed by atoms with Crippen molar-refractivity contribution in [2.24, 2.45) is 0 Å². The first-order valence-corrected chi connectivity index (χ1v) is 7.37. The molecule has 0 saturated heterocycles. The lowest BCUT2D eigenvalue weighted by Crippen LogP contribution is -2.23. The van der Waals surface area contributed by atoms with E-state index in [0.717, 1.165) is 17.9 Å². The molecule has 2 rings (SSSR count). The second-order valence-corrected chi connectivity index (χ2v) is 5.26. The average Bonchev–Trinajstić information content (AvgIpc) is 2.86. The van der Waals surface area contributed by atoms with Gasteiger partial charge in [-0.05, 0) is 13.0 Å². The molecule has 0 atom stereocenters. The molecule has 0 saturated carbocycles. The van der Waals surface area contributed by atoms with E-state index in [9.17, 15) is 4.79 Å². The number of methoxy groups -OCH3 is 1. The number of hydrogen-bond acceptors (Lipinski definition) is 6. The van der Waals surface area contributed by atoms with E-state index in [1.165, 1.54) is 11.3 Å². The number of carbonyl (C=O) groups is 1. The first kappa shape index (κ1) is 15.1. The number of carbonyl (C=O) groups excluding carboxylic acids is 1. The first-order chi connectivity index (χ1) is 10.2. The van der Waals surface area contributed by atoms with Crippen molar-refractivity contribution >= 4 is 28.2 Å². The minimum Gasteiger partial charge on any atom is -0.496 e. The number of nitrogens with zero attached hydrogens (tertiary/aromatic N) is 1. The van der Waals surface area contributed by atoms with Crippen LogP contribution in [0.2, 0.25) is 0 Å². The second-order valence-electron chi connectivity index (χ2n) is 4.26. The van der Waals surface area contributed by atoms with Gasteiger partial charge in [-0.3, -0.25) is 4.79 Å². The molecule has 0 unspecified atom stereocenters. The van der Waals surface area contributed by atoms with Crippen molar-refractivity contribution < 1.29 is 9.53 Å². The van der Waals surface area contributed by atoms with Gasteiger partial charge in [-0.2, -0.15) is 0 Å². The molecule has 1 heterocycles. The number of thiazole rings is 1. The number of benzene rings is 1. The SMILES string of the molecule is CCNc1nc(N)c(C(=O)NCc2ccccc2OC)s1. The summed E-state index contributed by atoms with van der Waals surface area (Å²) < 4.78 is 5.25. The maximum atomic E-state index is 12.2. The largest absolute Gasteiger partial charge is 0.496 e. The molecule has 7 heteroatoms. The maximum absolute atomic E-state index is 12.2. The van der Waals surface area contributed by atoms with Gasteiger partial charge in [0, 0.05) is 18.7 Å². The Hall–Kier alpha value is -2.28. The van der Waals surface area contributed by atoms with Crippen molar-refractivity contribution in [1.29, 1.82) is 0 Å². The van der Waals surface area contributed by atoms with Crippen LogP contribution in [0.5, 0.6) is 5.75 Å². The molecule has 0 aliphatic rings. The van der Waals surface area contributed by atoms with Crippen molar-refractivity contribution in [3.05, 3.63) is 34.7 Å². The third kappa shape index (κ3) is 3.63. The summed E-state index contributed by atoms with van der Waals surface area (Å²) in [6.07, 6.45) is 0. The van der Waals surface area contributed by atoms with Crippen LogP contribution in [0.15, 0.2) is 24.3 Å². The van der Waals surface area contributed by atoms with Crippen LogP contribution in [0, 0.1) is 0 Å². The van der Waals surface area contributed by atoms with Gasteiger partial charge in [-0.25, -0.2) is 4.98 Å². The fourth-order valence-corrected chi connectivity index (χ4v) is 2.70. The molecule has 0 spiro atoms. The minimum absolute atomic E-state index is 0.236. The molecular formula is C14H18N4O2S. The van der Waals surface area contributed by atoms with Gasteiger partial charge in [0.15, 0.2) is 5.13 Å². The van der Waals surface area contributed by atoms with Gasteiger partial charge in [-0.15, -0.1) is 0 Å². The van der Waals surface area contributed by atoms with E-state index in [2.05, 4.69) is 15.6 Å². The highest BCUT2D eigenvalue weighted by atomic mass is 32.1. The molecule has 6 nitrogen and oxygen atoms in total. The molecule has 0 fully saturated rings. The van der Waals surface area contributed by atoms with Gasteiger partial charge in [0.1, 0.15) is 16.4 Å². The van der Waals surface area contributed by atoms with E-state index in [0.29, 0.717) is 16.6 Å². The Morgan fingerprint density at radius 1 is 1.43 bits per heavy atom. The molecule has 4 N–H and O–H groups in total. The number of para-hydroxylation sites is 1. The molecule has 2 aromatic rings. The number of rotatable bonds is 6. The Bertz CT molecular complexity index is 627. The second kappa shape index (κ2) is 6.94. The molecule has 0 aliphatic heterocycles. The molecule has 1 aromatic heterocycles. The lowest BCUT2D eigenvalue weighted by molar-refractivity contribution is 0.0955. The third-order valence-electron chi connectivity index (χ3n) is 2.82. The van der Waals surface area contributed by atoms with E-state index in [4.69, 9.17) is 10.5 Å². The van der Waals surface area contributed by atoms with Gasteiger partial charge >= 0.3 is 0 Å². The van der Waals surface area contributed by atoms with E-state index < -0.39 is 0 Å². The quantitative estimate of drug-likeness (QED) is 0.760. The normalized spacial score (nSPS) is 10.2. The zero-order valence-corrected chi connectivity index (χ0v) is 12.8. The summed E-state index contributed by atoms with van der Waals surface area (Å²) >= 11 is 1.25. The molecule has 0 bridgehead atoms. The summed E-state index contributed by atoms with van der Waals surface area (Å²) in [5, 5.41) is 6.52. The molecule has 112 valence electrons. The molecule has 0 aliphatic carbocycles. The highest BCUT2D eigenvalue weighted by molar-refractivity contribution is 7.18. The third-order valence-corrected chi connectivity index (χ3v) is 3.85. The summed E-state index contributed by atoms with van der Waals surface area (Å²) in [5.41, 5.74) is 6.68. The molecule has 1 amide bonds. The van der Waals surface area contributed by atoms with Crippen molar-refractivity contribution in [1.82, 2.24) is 10.3 Å². The highest BCUT2D eigenvalue weighted by Gasteiger charge is 2.16. The number of aromatic nitrogens is 1. The van der Waals surface area contributed by atoms with Gasteiger partial charge in [-0.1, -0.05) is 29.5 Å². The predicted molar refractivity (Wildman–Crippen MR) is 84.9 cm³/mol. The van der Waals surface area contributed by atoms with Gasteiger partial charge in [0.25, 0.3) is 5.91 Å². The van der Waals surface area contributed by atoms with Gasteiger partial charge < -0.3 is 21.1 Å². The number of hydrogen-bond donors (Lipinski definition) is 3. The van der Waals surface area contributed by atoms with E-state index in [-0.39, 0.29) is 11.7 Å². The molecule has 21 heavy (non-hydrogen) atoms. The standard InChI is InChI=1S/C14H18N4O2S/c1-3-16-14-18-12(15)11(21-14)13(19)17-8-9-6-4-5-7-10(9)20-2/h4-7H,3,8,15H2,1-2H3,(H,16,18)(H,17,19). The minimum atomic E-state index is -0.236. The highest BCUT2D eigenvalue weighted by Crippen LogP contribution is 2.25. The van der Waals surface area contributed by atoms with E-state index in [1.54, 1.807) is 7.11 Å². The van der Waals surface area contributed by atoms with Crippen molar-refractivity contribution in [2.45, 2.75) is 13.5 Å². The topological polar surface area (TPSA) is 89.3 Å². The van der Waals surface area contributed by atoms with Crippen LogP contribution in [-0.2, 0) is 6.54 Å². The summed E-state index contributed by atoms with van der Waals surface area (Å²) in [6, 6.07) is 7.54. The monoisotopic (exact) mass is 306 g/mol. The van der Waals surface area contributed by atoms with Crippen molar-refractivity contribution in [3.63, 3.8) is 0 Å². The number of anilines is 2. The number of nitrogens with one attached hydrogen (secondary N) is 2. The van der Waals surface area contributed by atoms with E-state index >= 15 is 0 Å². The number of ether oxygens (including phenoxy) is 1. The first-order valence-electron chi connectivity index (χ1n) is 6.56. The molecule has 1 aromatic carbocycles. The maximum Gasteiger partial charge on any atom is 0.265 e. The van der Waals surface area contributed by atoms with Crippen LogP contribution in [-0.4, -0.2) is 24.5 Å². The van der Waals surface area contributed by atoms with Crippen LogP contribution < -0.4 is 21.1 Å². The van der Waals surface area contributed by atoms with Crippen LogP contribution in [0.3, 0.4) is 0 Å². The number of nitrogens with two attached hydrogens (primary N) is 1. The lowest BCUT2D eigenvalue weighted by Gasteiger charge is -2.08. The van der Waals surface area contributed by atoms with Crippen LogP contribution in [0.1, 0.15) is 22.2 Å². The van der Waals surface area contributed by atoms with Crippen LogP contribution in [0.4, 0.5) is 10.9 Å². The van der Waals surface area contributed by atoms with Gasteiger partial charge in [0.2, 0.25) is 0 Å². The average molecular weight is 306 g/mol. The van der Waals surface area contributed by atoms with Crippen LogP contribution in [0.25, 0.3) is 0 Å². The smallest absolute Gasteiger partial charge is 0.265 e. The van der Waals surface area contributed by atoms with Crippen molar-refractivity contribution in [3.8, 4) is 5.75 Å². The fourth-order valence-electron chi connectivity index (χ4n) is 1.83. The Morgan fingerprint density at radius 2 is 2.19 bits per heavy atom. The summed E-state index contributed by atoms with van der Waals surface area (Å²) in [7, 11) is 1.60. The predicted octanol–water partition coefficient (Wildman–Crippen LogP) is 2.10. The Kier molecular flexibility index (Phi) is 4.99. The Morgan fingerprint density at radius 3 is 2.90 bits per heavy atom. The van der Waals surface area contributed by atoms with Gasteiger partial charge in [0.05, 0.1) is 7.11 Å². The Labute approximate surface area is 127 Å².